The molecular weight excluding hydrogens is 248 g/mol. The normalized spacial score (nSPS) is 20.4. The molecule has 1 aliphatic carbocycles. The number of hydrogen-bond acceptors (Lipinski definition) is 2. The second kappa shape index (κ2) is 5.49. The first-order valence-corrected chi connectivity index (χ1v) is 6.99. The third-order valence-electron chi connectivity index (χ3n) is 4.18. The van der Waals surface area contributed by atoms with Gasteiger partial charge in [0.1, 0.15) is 0 Å². The molecule has 0 unspecified atom stereocenters. The fourth-order valence-corrected chi connectivity index (χ4v) is 3.20. The predicted octanol–water partition coefficient (Wildman–Crippen LogP) is 3.36. The van der Waals surface area contributed by atoms with Crippen LogP contribution in [-0.2, 0) is 22.4 Å². The molecule has 20 heavy (non-hydrogen) atoms. The highest BCUT2D eigenvalue weighted by Gasteiger charge is 2.37. The Morgan fingerprint density at radius 2 is 1.80 bits per heavy atom. The number of rotatable bonds is 3. The highest BCUT2D eigenvalue weighted by molar-refractivity contribution is 5.75. The van der Waals surface area contributed by atoms with Crippen LogP contribution in [0.2, 0.25) is 0 Å². The molecule has 0 amide bonds. The van der Waals surface area contributed by atoms with Gasteiger partial charge in [-0.1, -0.05) is 54.6 Å². The van der Waals surface area contributed by atoms with Gasteiger partial charge in [-0.2, -0.15) is 0 Å². The molecule has 0 radical (unpaired) electrons. The molecule has 0 spiro atoms. The SMILES string of the molecule is COC(=O)[C@H]1Cc2ccccc2[C@H]1Cc1ccccc1. The third kappa shape index (κ3) is 2.34. The van der Waals surface area contributed by atoms with Gasteiger partial charge in [-0.05, 0) is 29.5 Å². The summed E-state index contributed by atoms with van der Waals surface area (Å²) >= 11 is 0. The van der Waals surface area contributed by atoms with Gasteiger partial charge in [-0.3, -0.25) is 4.79 Å². The molecule has 2 atom stereocenters. The third-order valence-corrected chi connectivity index (χ3v) is 4.18. The number of carbonyl (C=O) groups is 1. The molecule has 3 rings (SSSR count). The molecule has 0 saturated carbocycles. The van der Waals surface area contributed by atoms with Crippen LogP contribution in [0.4, 0.5) is 0 Å². The summed E-state index contributed by atoms with van der Waals surface area (Å²) in [4.78, 5) is 12.1. The first kappa shape index (κ1) is 12.9. The Bertz CT molecular complexity index is 604. The molecule has 0 saturated heterocycles. The number of methoxy groups -OCH3 is 1. The van der Waals surface area contributed by atoms with Crippen LogP contribution in [0.5, 0.6) is 0 Å². The lowest BCUT2D eigenvalue weighted by Crippen LogP contribution is -2.22. The van der Waals surface area contributed by atoms with Crippen molar-refractivity contribution in [3.05, 3.63) is 71.3 Å². The maximum atomic E-state index is 12.1. The van der Waals surface area contributed by atoms with Gasteiger partial charge in [0.05, 0.1) is 13.0 Å². The Morgan fingerprint density at radius 3 is 2.55 bits per heavy atom. The van der Waals surface area contributed by atoms with Gasteiger partial charge in [0.25, 0.3) is 0 Å². The summed E-state index contributed by atoms with van der Waals surface area (Å²) in [6.45, 7) is 0. The van der Waals surface area contributed by atoms with E-state index in [1.165, 1.54) is 23.8 Å². The van der Waals surface area contributed by atoms with Crippen molar-refractivity contribution in [2.24, 2.45) is 5.92 Å². The van der Waals surface area contributed by atoms with E-state index in [-0.39, 0.29) is 17.8 Å². The van der Waals surface area contributed by atoms with Gasteiger partial charge in [0, 0.05) is 5.92 Å². The number of benzene rings is 2. The first-order chi connectivity index (χ1) is 9.79. The maximum absolute atomic E-state index is 12.1. The topological polar surface area (TPSA) is 26.3 Å². The minimum Gasteiger partial charge on any atom is -0.469 e. The van der Waals surface area contributed by atoms with Gasteiger partial charge in [0.15, 0.2) is 0 Å². The van der Waals surface area contributed by atoms with Crippen molar-refractivity contribution >= 4 is 5.97 Å². The molecule has 0 heterocycles. The van der Waals surface area contributed by atoms with Crippen LogP contribution >= 0.6 is 0 Å². The molecule has 2 aromatic rings. The summed E-state index contributed by atoms with van der Waals surface area (Å²) in [5, 5.41) is 0. The zero-order valence-corrected chi connectivity index (χ0v) is 11.6. The van der Waals surface area contributed by atoms with Crippen LogP contribution in [0.3, 0.4) is 0 Å². The molecule has 2 nitrogen and oxygen atoms in total. The molecule has 102 valence electrons. The molecule has 0 N–H and O–H groups in total. The van der Waals surface area contributed by atoms with Crippen LogP contribution in [-0.4, -0.2) is 13.1 Å². The van der Waals surface area contributed by atoms with Gasteiger partial charge < -0.3 is 4.74 Å². The van der Waals surface area contributed by atoms with E-state index >= 15 is 0 Å². The van der Waals surface area contributed by atoms with E-state index in [1.807, 2.05) is 24.3 Å². The minimum atomic E-state index is -0.0952. The average molecular weight is 266 g/mol. The summed E-state index contributed by atoms with van der Waals surface area (Å²) in [7, 11) is 1.48. The lowest BCUT2D eigenvalue weighted by molar-refractivity contribution is -0.145. The lowest BCUT2D eigenvalue weighted by atomic mass is 9.87. The van der Waals surface area contributed by atoms with Gasteiger partial charge in [0.2, 0.25) is 0 Å². The summed E-state index contributed by atoms with van der Waals surface area (Å²) in [6.07, 6.45) is 1.68. The molecular formula is C18H18O2. The summed E-state index contributed by atoms with van der Waals surface area (Å²) in [5.74, 6) is 0.0702. The number of fused-ring (bicyclic) bond motifs is 1. The number of carbonyl (C=O) groups excluding carboxylic acids is 1. The standard InChI is InChI=1S/C18H18O2/c1-20-18(19)17-12-14-9-5-6-10-15(14)16(17)11-13-7-3-2-4-8-13/h2-10,16-17H,11-12H2,1H3/t16-,17+/m1/s1. The van der Waals surface area contributed by atoms with E-state index in [1.54, 1.807) is 0 Å². The monoisotopic (exact) mass is 266 g/mol. The quantitative estimate of drug-likeness (QED) is 0.796. The van der Waals surface area contributed by atoms with Crippen molar-refractivity contribution in [2.45, 2.75) is 18.8 Å². The number of ether oxygens (including phenoxy) is 1. The molecule has 0 bridgehead atoms. The highest BCUT2D eigenvalue weighted by atomic mass is 16.5. The van der Waals surface area contributed by atoms with Crippen LogP contribution < -0.4 is 0 Å². The molecule has 2 heteroatoms. The van der Waals surface area contributed by atoms with E-state index in [0.717, 1.165) is 12.8 Å². The van der Waals surface area contributed by atoms with E-state index in [4.69, 9.17) is 4.74 Å². The summed E-state index contributed by atoms with van der Waals surface area (Å²) in [5.41, 5.74) is 3.85. The molecule has 2 aromatic carbocycles. The highest BCUT2D eigenvalue weighted by Crippen LogP contribution is 2.40. The zero-order chi connectivity index (χ0) is 13.9. The predicted molar refractivity (Wildman–Crippen MR) is 78.5 cm³/mol. The van der Waals surface area contributed by atoms with E-state index in [2.05, 4.69) is 30.3 Å². The second-order valence-corrected chi connectivity index (χ2v) is 5.33. The maximum Gasteiger partial charge on any atom is 0.309 e. The Balaban J connectivity index is 1.93. The van der Waals surface area contributed by atoms with Crippen molar-refractivity contribution in [2.75, 3.05) is 7.11 Å². The van der Waals surface area contributed by atoms with Crippen LogP contribution in [0.1, 0.15) is 22.6 Å². The smallest absolute Gasteiger partial charge is 0.309 e. The van der Waals surface area contributed by atoms with Crippen molar-refractivity contribution in [1.29, 1.82) is 0 Å². The Labute approximate surface area is 119 Å². The Kier molecular flexibility index (Phi) is 3.55. The van der Waals surface area contributed by atoms with Crippen molar-refractivity contribution < 1.29 is 9.53 Å². The molecule has 0 aliphatic heterocycles. The molecule has 0 fully saturated rings. The van der Waals surface area contributed by atoms with Crippen molar-refractivity contribution in [3.8, 4) is 0 Å². The van der Waals surface area contributed by atoms with Crippen molar-refractivity contribution in [3.63, 3.8) is 0 Å². The van der Waals surface area contributed by atoms with E-state index in [9.17, 15) is 4.79 Å². The molecule has 1 aliphatic rings. The number of hydrogen-bond donors (Lipinski definition) is 0. The molecule has 0 aromatic heterocycles. The summed E-state index contributed by atoms with van der Waals surface area (Å²) < 4.78 is 4.99. The number of esters is 1. The van der Waals surface area contributed by atoms with Crippen LogP contribution in [0, 0.1) is 5.92 Å². The first-order valence-electron chi connectivity index (χ1n) is 6.99. The zero-order valence-electron chi connectivity index (χ0n) is 11.6. The Hall–Kier alpha value is -2.09. The largest absolute Gasteiger partial charge is 0.469 e. The van der Waals surface area contributed by atoms with Crippen LogP contribution in [0.15, 0.2) is 54.6 Å². The summed E-state index contributed by atoms with van der Waals surface area (Å²) in [6, 6.07) is 18.7. The second-order valence-electron chi connectivity index (χ2n) is 5.33. The van der Waals surface area contributed by atoms with Gasteiger partial charge in [-0.25, -0.2) is 0 Å². The Morgan fingerprint density at radius 1 is 1.10 bits per heavy atom. The van der Waals surface area contributed by atoms with E-state index < -0.39 is 0 Å². The fraction of sp³-hybridized carbons (Fsp3) is 0.278. The van der Waals surface area contributed by atoms with E-state index in [0.29, 0.717) is 0 Å². The average Bonchev–Trinajstić information content (AvgIpc) is 2.86. The van der Waals surface area contributed by atoms with Crippen LogP contribution in [0.25, 0.3) is 0 Å². The fourth-order valence-electron chi connectivity index (χ4n) is 3.20. The van der Waals surface area contributed by atoms with Gasteiger partial charge >= 0.3 is 5.97 Å². The minimum absolute atomic E-state index is 0.0578. The van der Waals surface area contributed by atoms with Crippen molar-refractivity contribution in [1.82, 2.24) is 0 Å². The lowest BCUT2D eigenvalue weighted by Gasteiger charge is -2.18. The van der Waals surface area contributed by atoms with Gasteiger partial charge in [-0.15, -0.1) is 0 Å².